The molecule has 0 atom stereocenters. The summed E-state index contributed by atoms with van der Waals surface area (Å²) in [6, 6.07) is 14.0. The molecule has 2 rings (SSSR count). The maximum absolute atomic E-state index is 12.8. The molecule has 0 heterocycles. The second-order valence-electron chi connectivity index (χ2n) is 8.74. The zero-order valence-electron chi connectivity index (χ0n) is 21.0. The topological polar surface area (TPSA) is 74.8 Å². The van der Waals surface area contributed by atoms with E-state index < -0.39 is 20.0 Å². The predicted molar refractivity (Wildman–Crippen MR) is 139 cm³/mol. The lowest BCUT2D eigenvalue weighted by atomic mass is 10.1. The van der Waals surface area contributed by atoms with Crippen molar-refractivity contribution in [3.63, 3.8) is 0 Å². The Balaban J connectivity index is 1.71. The Morgan fingerprint density at radius 2 is 0.824 bits per heavy atom. The number of sulfonamides is 2. The molecule has 8 heteroatoms. The maximum atomic E-state index is 12.8. The minimum atomic E-state index is -3.45. The maximum Gasteiger partial charge on any atom is 0.243 e. The lowest BCUT2D eigenvalue weighted by molar-refractivity contribution is 0.401. The molecule has 0 amide bonds. The largest absolute Gasteiger partial charge is 0.243 e. The molecule has 34 heavy (non-hydrogen) atoms. The molecule has 0 aliphatic rings. The molecule has 0 N–H and O–H groups in total. The Bertz CT molecular complexity index is 991. The van der Waals surface area contributed by atoms with Crippen LogP contribution in [0.4, 0.5) is 0 Å². The van der Waals surface area contributed by atoms with E-state index in [2.05, 4.69) is 0 Å². The Kier molecular flexibility index (Phi) is 11.2. The van der Waals surface area contributed by atoms with Crippen LogP contribution in [0.25, 0.3) is 0 Å². The molecular formula is C26H40N2O4S2. The zero-order chi connectivity index (χ0) is 25.2. The van der Waals surface area contributed by atoms with E-state index in [1.54, 1.807) is 32.9 Å². The summed E-state index contributed by atoms with van der Waals surface area (Å²) in [5, 5.41) is 0. The Morgan fingerprint density at radius 1 is 0.529 bits per heavy atom. The van der Waals surface area contributed by atoms with Crippen molar-refractivity contribution in [2.45, 2.75) is 76.0 Å². The van der Waals surface area contributed by atoms with Gasteiger partial charge in [-0.1, -0.05) is 74.9 Å². The highest BCUT2D eigenvalue weighted by Crippen LogP contribution is 2.19. The SMILES string of the molecule is CCN(CCCCCCCCN(CC)S(=O)(=O)c1ccc(C)cc1)S(=O)(=O)c1ccc(C)cc1. The molecule has 2 aromatic rings. The zero-order valence-corrected chi connectivity index (χ0v) is 22.7. The summed E-state index contributed by atoms with van der Waals surface area (Å²) in [7, 11) is -6.90. The van der Waals surface area contributed by atoms with Gasteiger partial charge in [-0.05, 0) is 51.0 Å². The Morgan fingerprint density at radius 3 is 1.12 bits per heavy atom. The molecule has 0 unspecified atom stereocenters. The third kappa shape index (κ3) is 7.90. The van der Waals surface area contributed by atoms with Gasteiger partial charge in [0.2, 0.25) is 20.0 Å². The van der Waals surface area contributed by atoms with Gasteiger partial charge in [-0.3, -0.25) is 0 Å². The summed E-state index contributed by atoms with van der Waals surface area (Å²) in [6.45, 7) is 9.58. The van der Waals surface area contributed by atoms with Gasteiger partial charge in [0.1, 0.15) is 0 Å². The van der Waals surface area contributed by atoms with Crippen molar-refractivity contribution in [1.29, 1.82) is 0 Å². The molecule has 0 aliphatic heterocycles. The van der Waals surface area contributed by atoms with E-state index in [4.69, 9.17) is 0 Å². The number of rotatable bonds is 15. The summed E-state index contributed by atoms with van der Waals surface area (Å²) in [5.74, 6) is 0. The molecule has 0 bridgehead atoms. The summed E-state index contributed by atoms with van der Waals surface area (Å²) < 4.78 is 54.5. The third-order valence-corrected chi connectivity index (χ3v) is 10.1. The van der Waals surface area contributed by atoms with Gasteiger partial charge in [0.25, 0.3) is 0 Å². The number of nitrogens with zero attached hydrogens (tertiary/aromatic N) is 2. The lowest BCUT2D eigenvalue weighted by Crippen LogP contribution is -2.32. The summed E-state index contributed by atoms with van der Waals surface area (Å²) in [6.07, 6.45) is 5.58. The molecular weight excluding hydrogens is 468 g/mol. The van der Waals surface area contributed by atoms with Gasteiger partial charge in [0.05, 0.1) is 9.79 Å². The van der Waals surface area contributed by atoms with E-state index >= 15 is 0 Å². The summed E-state index contributed by atoms with van der Waals surface area (Å²) >= 11 is 0. The van der Waals surface area contributed by atoms with Crippen LogP contribution >= 0.6 is 0 Å². The van der Waals surface area contributed by atoms with Gasteiger partial charge in [0, 0.05) is 26.2 Å². The van der Waals surface area contributed by atoms with Crippen molar-refractivity contribution in [2.75, 3.05) is 26.2 Å². The van der Waals surface area contributed by atoms with Gasteiger partial charge < -0.3 is 0 Å². The molecule has 2 aromatic carbocycles. The fraction of sp³-hybridized carbons (Fsp3) is 0.538. The fourth-order valence-corrected chi connectivity index (χ4v) is 6.87. The van der Waals surface area contributed by atoms with Crippen molar-refractivity contribution in [3.05, 3.63) is 59.7 Å². The third-order valence-electron chi connectivity index (χ3n) is 6.09. The molecule has 0 aromatic heterocycles. The second-order valence-corrected chi connectivity index (χ2v) is 12.6. The molecule has 0 fully saturated rings. The monoisotopic (exact) mass is 508 g/mol. The minimum Gasteiger partial charge on any atom is -0.207 e. The highest BCUT2D eigenvalue weighted by Gasteiger charge is 2.23. The molecule has 0 saturated heterocycles. The normalized spacial score (nSPS) is 12.5. The standard InChI is InChI=1S/C26H40N2O4S2/c1-5-27(33(29,30)25-17-13-23(3)14-18-25)21-11-9-7-8-10-12-22-28(6-2)34(31,32)26-19-15-24(4)16-20-26/h13-20H,5-12,21-22H2,1-4H3. The van der Waals surface area contributed by atoms with Gasteiger partial charge >= 0.3 is 0 Å². The van der Waals surface area contributed by atoms with Crippen molar-refractivity contribution in [1.82, 2.24) is 8.61 Å². The molecule has 6 nitrogen and oxygen atoms in total. The summed E-state index contributed by atoms with van der Waals surface area (Å²) in [5.41, 5.74) is 2.08. The number of unbranched alkanes of at least 4 members (excludes halogenated alkanes) is 5. The first-order chi connectivity index (χ1) is 16.1. The smallest absolute Gasteiger partial charge is 0.207 e. The molecule has 0 radical (unpaired) electrons. The molecule has 0 aliphatic carbocycles. The van der Waals surface area contributed by atoms with E-state index in [9.17, 15) is 16.8 Å². The van der Waals surface area contributed by atoms with Gasteiger partial charge in [-0.25, -0.2) is 16.8 Å². The van der Waals surface area contributed by atoms with Crippen LogP contribution < -0.4 is 0 Å². The van der Waals surface area contributed by atoms with Gasteiger partial charge in [-0.15, -0.1) is 0 Å². The predicted octanol–water partition coefficient (Wildman–Crippen LogP) is 5.37. The van der Waals surface area contributed by atoms with E-state index in [1.807, 2.05) is 52.0 Å². The van der Waals surface area contributed by atoms with Crippen LogP contribution in [-0.4, -0.2) is 51.6 Å². The van der Waals surface area contributed by atoms with Crippen molar-refractivity contribution < 1.29 is 16.8 Å². The average Bonchev–Trinajstić information content (AvgIpc) is 2.80. The highest BCUT2D eigenvalue weighted by molar-refractivity contribution is 7.89. The van der Waals surface area contributed by atoms with E-state index in [0.717, 1.165) is 49.7 Å². The van der Waals surface area contributed by atoms with Crippen LogP contribution in [0.15, 0.2) is 58.3 Å². The first kappa shape index (κ1) is 28.5. The van der Waals surface area contributed by atoms with Crippen LogP contribution in [0.2, 0.25) is 0 Å². The number of benzene rings is 2. The minimum absolute atomic E-state index is 0.348. The van der Waals surface area contributed by atoms with E-state index in [1.165, 1.54) is 0 Å². The van der Waals surface area contributed by atoms with Crippen molar-refractivity contribution in [3.8, 4) is 0 Å². The second kappa shape index (κ2) is 13.4. The van der Waals surface area contributed by atoms with Crippen molar-refractivity contribution in [2.24, 2.45) is 0 Å². The first-order valence-electron chi connectivity index (χ1n) is 12.3. The fourth-order valence-electron chi connectivity index (χ4n) is 3.90. The molecule has 0 spiro atoms. The summed E-state index contributed by atoms with van der Waals surface area (Å²) in [4.78, 5) is 0.696. The van der Waals surface area contributed by atoms with Gasteiger partial charge in [0.15, 0.2) is 0 Å². The Hall–Kier alpha value is -1.74. The lowest BCUT2D eigenvalue weighted by Gasteiger charge is -2.21. The quantitative estimate of drug-likeness (QED) is 0.303. The van der Waals surface area contributed by atoms with Crippen LogP contribution in [0.3, 0.4) is 0 Å². The van der Waals surface area contributed by atoms with Crippen LogP contribution in [0, 0.1) is 13.8 Å². The van der Waals surface area contributed by atoms with Crippen LogP contribution in [-0.2, 0) is 20.0 Å². The number of hydrogen-bond donors (Lipinski definition) is 0. The first-order valence-corrected chi connectivity index (χ1v) is 15.1. The van der Waals surface area contributed by atoms with Crippen LogP contribution in [0.1, 0.15) is 63.5 Å². The van der Waals surface area contributed by atoms with Crippen molar-refractivity contribution >= 4 is 20.0 Å². The highest BCUT2D eigenvalue weighted by atomic mass is 32.2. The Labute approximate surface area is 207 Å². The number of hydrogen-bond acceptors (Lipinski definition) is 4. The van der Waals surface area contributed by atoms with E-state index in [-0.39, 0.29) is 0 Å². The molecule has 190 valence electrons. The van der Waals surface area contributed by atoms with Crippen LogP contribution in [0.5, 0.6) is 0 Å². The molecule has 0 saturated carbocycles. The average molecular weight is 509 g/mol. The van der Waals surface area contributed by atoms with Gasteiger partial charge in [-0.2, -0.15) is 8.61 Å². The van der Waals surface area contributed by atoms with E-state index in [0.29, 0.717) is 36.0 Å². The number of aryl methyl sites for hydroxylation is 2.